The second kappa shape index (κ2) is 12.7. The van der Waals surface area contributed by atoms with Gasteiger partial charge in [0.15, 0.2) is 5.82 Å². The number of fused-ring (bicyclic) bond motifs is 2. The highest BCUT2D eigenvalue weighted by molar-refractivity contribution is 7.98. The molecule has 0 spiro atoms. The molecule has 2 bridgehead atoms. The Morgan fingerprint density at radius 3 is 2.51 bits per heavy atom. The maximum Gasteiger partial charge on any atom is 0.415 e. The van der Waals surface area contributed by atoms with E-state index in [1.807, 2.05) is 6.92 Å². The predicted molar refractivity (Wildman–Crippen MR) is 184 cm³/mol. The fraction of sp³-hybridized carbons (Fsp3) is 0.486. The van der Waals surface area contributed by atoms with Crippen LogP contribution >= 0.6 is 23.4 Å². The molecule has 9 nitrogen and oxygen atoms in total. The van der Waals surface area contributed by atoms with Crippen molar-refractivity contribution in [2.75, 3.05) is 23.4 Å². The van der Waals surface area contributed by atoms with Gasteiger partial charge in [-0.3, -0.25) is 4.90 Å². The number of hydrogen-bond acceptors (Lipinski definition) is 8. The lowest BCUT2D eigenvalue weighted by atomic mass is 9.78. The summed E-state index contributed by atoms with van der Waals surface area (Å²) in [6, 6.07) is 8.36. The van der Waals surface area contributed by atoms with Gasteiger partial charge in [-0.25, -0.2) is 19.0 Å². The van der Waals surface area contributed by atoms with Gasteiger partial charge in [-0.05, 0) is 96.4 Å². The molecule has 2 aromatic carbocycles. The van der Waals surface area contributed by atoms with Crippen LogP contribution in [0.1, 0.15) is 65.5 Å². The third-order valence-electron chi connectivity index (χ3n) is 8.52. The molecule has 1 saturated carbocycles. The fourth-order valence-electron chi connectivity index (χ4n) is 6.54. The normalized spacial score (nSPS) is 18.9. The summed E-state index contributed by atoms with van der Waals surface area (Å²) in [4.78, 5) is 35.3. The van der Waals surface area contributed by atoms with Gasteiger partial charge in [0.25, 0.3) is 0 Å². The Bertz CT molecular complexity index is 1800. The van der Waals surface area contributed by atoms with Gasteiger partial charge in [-0.2, -0.15) is 5.26 Å². The minimum absolute atomic E-state index is 0.0258. The smallest absolute Gasteiger partial charge is 0.415 e. The van der Waals surface area contributed by atoms with E-state index in [0.717, 1.165) is 0 Å². The van der Waals surface area contributed by atoms with E-state index in [9.17, 15) is 14.9 Å². The average molecular weight is 682 g/mol. The summed E-state index contributed by atoms with van der Waals surface area (Å²) in [5.41, 5.74) is 7.90. The zero-order valence-corrected chi connectivity index (χ0v) is 29.6. The number of hydrogen-bond donors (Lipinski definition) is 1. The first-order valence-electron chi connectivity index (χ1n) is 15.6. The summed E-state index contributed by atoms with van der Waals surface area (Å²) < 4.78 is 28.7. The standard InChI is InChI=1S/C35H41ClFN5O4S/c1-18-21(12-9-13-23(18)36)25-19(11-10-14-38)15-22-28(26(25)37)40-31(47-8)27(39)30(22)42(33(44)46-35(5,6)7)29-20-16-24(29)41(17-20)32(43)45-34(2,3)4/h9,12-13,15,20,24,29H,10-11,16-17,39H2,1-8H3/t20-,24-,29+/m1/s1. The number of aryl methyl sites for hydroxylation is 1. The molecule has 1 aromatic heterocycles. The number of carbonyl (C=O) groups is 2. The highest BCUT2D eigenvalue weighted by atomic mass is 35.5. The molecule has 2 aliphatic heterocycles. The van der Waals surface area contributed by atoms with Crippen LogP contribution < -0.4 is 10.6 Å². The molecule has 3 heterocycles. The van der Waals surface area contributed by atoms with Crippen molar-refractivity contribution in [3.63, 3.8) is 0 Å². The predicted octanol–water partition coefficient (Wildman–Crippen LogP) is 8.51. The Labute approximate surface area is 284 Å². The minimum Gasteiger partial charge on any atom is -0.444 e. The minimum atomic E-state index is -0.858. The van der Waals surface area contributed by atoms with Crippen molar-refractivity contribution in [2.45, 2.75) is 96.0 Å². The number of nitrogens with two attached hydrogens (primary N) is 1. The lowest BCUT2D eigenvalue weighted by Gasteiger charge is -2.44. The van der Waals surface area contributed by atoms with E-state index in [-0.39, 0.29) is 41.7 Å². The zero-order chi connectivity index (χ0) is 34.6. The van der Waals surface area contributed by atoms with Crippen LogP contribution in [0.15, 0.2) is 29.3 Å². The Morgan fingerprint density at radius 2 is 1.89 bits per heavy atom. The fourth-order valence-corrected chi connectivity index (χ4v) is 7.21. The molecule has 3 aromatic rings. The van der Waals surface area contributed by atoms with Gasteiger partial charge in [0.1, 0.15) is 21.7 Å². The highest BCUT2D eigenvalue weighted by Gasteiger charge is 2.59. The van der Waals surface area contributed by atoms with Crippen LogP contribution in [-0.2, 0) is 15.9 Å². The van der Waals surface area contributed by atoms with Gasteiger partial charge in [0.2, 0.25) is 0 Å². The topological polar surface area (TPSA) is 122 Å². The molecule has 2 amide bonds. The van der Waals surface area contributed by atoms with Gasteiger partial charge >= 0.3 is 12.2 Å². The van der Waals surface area contributed by atoms with Crippen LogP contribution in [0, 0.1) is 30.0 Å². The molecule has 2 saturated heterocycles. The van der Waals surface area contributed by atoms with Gasteiger partial charge in [-0.1, -0.05) is 23.7 Å². The summed E-state index contributed by atoms with van der Waals surface area (Å²) in [5, 5.41) is 10.7. The van der Waals surface area contributed by atoms with Crippen molar-refractivity contribution in [1.82, 2.24) is 9.88 Å². The molecule has 250 valence electrons. The number of aromatic nitrogens is 1. The van der Waals surface area contributed by atoms with Crippen molar-refractivity contribution >= 4 is 57.8 Å². The number of nitriles is 1. The first-order chi connectivity index (χ1) is 22.0. The molecular formula is C35H41ClFN5O4S. The number of ether oxygens (including phenoxy) is 2. The maximum absolute atomic E-state index is 17.1. The summed E-state index contributed by atoms with van der Waals surface area (Å²) in [6.07, 6.45) is 1.70. The van der Waals surface area contributed by atoms with Crippen LogP contribution in [0.4, 0.5) is 25.4 Å². The first-order valence-corrected chi connectivity index (χ1v) is 17.2. The van der Waals surface area contributed by atoms with Crippen molar-refractivity contribution in [3.8, 4) is 17.2 Å². The monoisotopic (exact) mass is 681 g/mol. The van der Waals surface area contributed by atoms with Gasteiger partial charge in [-0.15, -0.1) is 11.8 Å². The Morgan fingerprint density at radius 1 is 1.21 bits per heavy atom. The number of nitrogens with zero attached hydrogens (tertiary/aromatic N) is 4. The summed E-state index contributed by atoms with van der Waals surface area (Å²) >= 11 is 7.71. The maximum atomic E-state index is 17.1. The number of pyridine rings is 1. The molecular weight excluding hydrogens is 641 g/mol. The molecule has 2 N–H and O–H groups in total. The molecule has 12 heteroatoms. The van der Waals surface area contributed by atoms with Crippen molar-refractivity contribution in [3.05, 3.63) is 46.2 Å². The largest absolute Gasteiger partial charge is 0.444 e. The quantitative estimate of drug-likeness (QED) is 0.257. The zero-order valence-electron chi connectivity index (χ0n) is 28.0. The SMILES string of the molecule is CSc1nc2c(F)c(-c3cccc(Cl)c3C)c(CCC#N)cc2c(N(C(=O)OC(C)(C)C)[C@H]2[C@@H]3C[C@H]2N(C(=O)OC(C)(C)C)C3)c1N. The third-order valence-corrected chi connectivity index (χ3v) is 9.63. The second-order valence-corrected chi connectivity index (χ2v) is 15.3. The number of nitrogen functional groups attached to an aromatic ring is 1. The summed E-state index contributed by atoms with van der Waals surface area (Å²) in [5.74, 6) is -0.690. The van der Waals surface area contributed by atoms with Gasteiger partial charge < -0.3 is 20.1 Å². The van der Waals surface area contributed by atoms with Gasteiger partial charge in [0, 0.05) is 34.9 Å². The van der Waals surface area contributed by atoms with Crippen LogP contribution in [0.5, 0.6) is 0 Å². The molecule has 47 heavy (non-hydrogen) atoms. The van der Waals surface area contributed by atoms with Crippen molar-refractivity contribution in [2.24, 2.45) is 5.92 Å². The van der Waals surface area contributed by atoms with Crippen molar-refractivity contribution < 1.29 is 23.5 Å². The lowest BCUT2D eigenvalue weighted by molar-refractivity contribution is 0.0217. The van der Waals surface area contributed by atoms with E-state index < -0.39 is 35.2 Å². The molecule has 3 fully saturated rings. The Hall–Kier alpha value is -3.75. The van der Waals surface area contributed by atoms with E-state index in [2.05, 4.69) is 11.1 Å². The van der Waals surface area contributed by atoms with Crippen LogP contribution in [0.3, 0.4) is 0 Å². The summed E-state index contributed by atoms with van der Waals surface area (Å²) in [7, 11) is 0. The first kappa shape index (κ1) is 34.6. The Kier molecular flexibility index (Phi) is 9.34. The molecule has 3 atom stereocenters. The molecule has 6 rings (SSSR count). The van der Waals surface area contributed by atoms with E-state index in [1.165, 1.54) is 16.7 Å². The number of thioether (sulfide) groups is 1. The number of carbonyl (C=O) groups excluding carboxylic acids is 2. The highest BCUT2D eigenvalue weighted by Crippen LogP contribution is 2.51. The molecule has 3 aliphatic rings. The van der Waals surface area contributed by atoms with Crippen LogP contribution in [0.25, 0.3) is 22.0 Å². The third kappa shape index (κ3) is 6.55. The number of amides is 2. The van der Waals surface area contributed by atoms with E-state index in [4.69, 9.17) is 26.8 Å². The number of benzene rings is 2. The van der Waals surface area contributed by atoms with E-state index in [1.54, 1.807) is 77.0 Å². The Balaban J connectivity index is 1.77. The van der Waals surface area contributed by atoms with Crippen LogP contribution in [0.2, 0.25) is 5.02 Å². The number of halogens is 2. The molecule has 1 aliphatic carbocycles. The molecule has 0 radical (unpaired) electrons. The summed E-state index contributed by atoms with van der Waals surface area (Å²) in [6.45, 7) is 12.9. The average Bonchev–Trinajstić information content (AvgIpc) is 3.56. The second-order valence-electron chi connectivity index (χ2n) is 14.1. The van der Waals surface area contributed by atoms with Gasteiger partial charge in [0.05, 0.1) is 29.5 Å². The van der Waals surface area contributed by atoms with E-state index >= 15 is 4.39 Å². The number of rotatable bonds is 6. The van der Waals surface area contributed by atoms with E-state index in [0.29, 0.717) is 50.7 Å². The number of anilines is 2. The van der Waals surface area contributed by atoms with Crippen molar-refractivity contribution in [1.29, 1.82) is 5.26 Å². The lowest BCUT2D eigenvalue weighted by Crippen LogP contribution is -2.59. The molecule has 0 unspecified atom stereocenters. The van der Waals surface area contributed by atoms with Crippen LogP contribution in [-0.4, -0.2) is 58.2 Å².